The van der Waals surface area contributed by atoms with Crippen molar-refractivity contribution in [3.63, 3.8) is 0 Å². The number of thiazole rings is 1. The smallest absolute Gasteiger partial charge is 0.186 e. The van der Waals surface area contributed by atoms with Gasteiger partial charge in [-0.25, -0.2) is 4.98 Å². The molecule has 0 aliphatic rings. The molecule has 1 aromatic carbocycles. The molecule has 0 amide bonds. The van der Waals surface area contributed by atoms with Gasteiger partial charge in [0.1, 0.15) is 4.60 Å². The SMILES string of the molecule is CCN(Cc1ccccc1)c1nc(Br)cs1. The molecular weight excluding hydrogens is 284 g/mol. The fraction of sp³-hybridized carbons (Fsp3) is 0.250. The first-order valence-corrected chi connectivity index (χ1v) is 6.86. The molecule has 0 radical (unpaired) electrons. The molecule has 0 aliphatic carbocycles. The van der Waals surface area contributed by atoms with Crippen LogP contribution in [0.4, 0.5) is 5.13 Å². The lowest BCUT2D eigenvalue weighted by Crippen LogP contribution is -2.21. The van der Waals surface area contributed by atoms with Crippen LogP contribution < -0.4 is 4.90 Å². The molecule has 0 saturated heterocycles. The highest BCUT2D eigenvalue weighted by atomic mass is 79.9. The summed E-state index contributed by atoms with van der Waals surface area (Å²) in [6.45, 7) is 4.03. The molecule has 2 nitrogen and oxygen atoms in total. The molecule has 84 valence electrons. The van der Waals surface area contributed by atoms with Crippen molar-refractivity contribution in [3.05, 3.63) is 45.9 Å². The normalized spacial score (nSPS) is 10.4. The minimum atomic E-state index is 0.914. The Hall–Kier alpha value is -0.870. The Kier molecular flexibility index (Phi) is 3.96. The maximum absolute atomic E-state index is 4.44. The number of nitrogens with zero attached hydrogens (tertiary/aromatic N) is 2. The summed E-state index contributed by atoms with van der Waals surface area (Å²) in [7, 11) is 0. The Balaban J connectivity index is 2.12. The van der Waals surface area contributed by atoms with Crippen molar-refractivity contribution in [1.82, 2.24) is 4.98 Å². The number of rotatable bonds is 4. The summed E-state index contributed by atoms with van der Waals surface area (Å²) < 4.78 is 0.916. The Labute approximate surface area is 108 Å². The average Bonchev–Trinajstić information content (AvgIpc) is 2.74. The standard InChI is InChI=1S/C12H13BrN2S/c1-2-15(12-14-11(13)9-16-12)8-10-6-4-3-5-7-10/h3-7,9H,2,8H2,1H3. The number of aromatic nitrogens is 1. The fourth-order valence-corrected chi connectivity index (χ4v) is 2.82. The summed E-state index contributed by atoms with van der Waals surface area (Å²) in [4.78, 5) is 6.71. The van der Waals surface area contributed by atoms with Gasteiger partial charge >= 0.3 is 0 Å². The molecular formula is C12H13BrN2S. The zero-order chi connectivity index (χ0) is 11.4. The zero-order valence-corrected chi connectivity index (χ0v) is 11.5. The van der Waals surface area contributed by atoms with Crippen LogP contribution in [0.5, 0.6) is 0 Å². The number of benzene rings is 1. The third-order valence-corrected chi connectivity index (χ3v) is 3.94. The molecule has 0 N–H and O–H groups in total. The van der Waals surface area contributed by atoms with E-state index in [1.165, 1.54) is 5.56 Å². The molecule has 0 unspecified atom stereocenters. The van der Waals surface area contributed by atoms with Gasteiger partial charge in [0.2, 0.25) is 0 Å². The number of halogens is 1. The molecule has 0 saturated carbocycles. The zero-order valence-electron chi connectivity index (χ0n) is 9.06. The van der Waals surface area contributed by atoms with E-state index in [1.807, 2.05) is 11.4 Å². The van der Waals surface area contributed by atoms with Crippen LogP contribution in [0.3, 0.4) is 0 Å². The Bertz CT molecular complexity index is 441. The number of hydrogen-bond acceptors (Lipinski definition) is 3. The summed E-state index contributed by atoms with van der Waals surface area (Å²) in [5, 5.41) is 3.08. The van der Waals surface area contributed by atoms with Gasteiger partial charge in [-0.05, 0) is 28.4 Å². The summed E-state index contributed by atoms with van der Waals surface area (Å²) >= 11 is 5.06. The van der Waals surface area contributed by atoms with Crippen molar-refractivity contribution in [2.45, 2.75) is 13.5 Å². The highest BCUT2D eigenvalue weighted by Crippen LogP contribution is 2.24. The van der Waals surface area contributed by atoms with Gasteiger partial charge in [-0.2, -0.15) is 0 Å². The third kappa shape index (κ3) is 2.83. The Morgan fingerprint density at radius 2 is 2.06 bits per heavy atom. The summed E-state index contributed by atoms with van der Waals surface area (Å²) in [6, 6.07) is 10.5. The maximum Gasteiger partial charge on any atom is 0.186 e. The second kappa shape index (κ2) is 5.46. The van der Waals surface area contributed by atoms with Crippen LogP contribution in [0.2, 0.25) is 0 Å². The quantitative estimate of drug-likeness (QED) is 0.850. The predicted octanol–water partition coefficient (Wildman–Crippen LogP) is 3.93. The van der Waals surface area contributed by atoms with Crippen LogP contribution in [0, 0.1) is 0 Å². The average molecular weight is 297 g/mol. The summed E-state index contributed by atoms with van der Waals surface area (Å²) in [6.07, 6.45) is 0. The monoisotopic (exact) mass is 296 g/mol. The van der Waals surface area contributed by atoms with Gasteiger partial charge < -0.3 is 4.90 Å². The fourth-order valence-electron chi connectivity index (χ4n) is 1.51. The van der Waals surface area contributed by atoms with E-state index < -0.39 is 0 Å². The third-order valence-electron chi connectivity index (χ3n) is 2.33. The largest absolute Gasteiger partial charge is 0.344 e. The molecule has 1 heterocycles. The van der Waals surface area contributed by atoms with Gasteiger partial charge in [0.05, 0.1) is 0 Å². The van der Waals surface area contributed by atoms with Crippen molar-refractivity contribution < 1.29 is 0 Å². The molecule has 0 atom stereocenters. The van der Waals surface area contributed by atoms with Crippen LogP contribution >= 0.6 is 27.3 Å². The van der Waals surface area contributed by atoms with Crippen molar-refractivity contribution in [2.24, 2.45) is 0 Å². The molecule has 0 aliphatic heterocycles. The lowest BCUT2D eigenvalue weighted by molar-refractivity contribution is 0.825. The van der Waals surface area contributed by atoms with Crippen LogP contribution in [0.25, 0.3) is 0 Å². The van der Waals surface area contributed by atoms with Crippen molar-refractivity contribution in [1.29, 1.82) is 0 Å². The second-order valence-corrected chi connectivity index (χ2v) is 5.10. The highest BCUT2D eigenvalue weighted by Gasteiger charge is 2.08. The first-order chi connectivity index (χ1) is 7.79. The van der Waals surface area contributed by atoms with E-state index in [0.29, 0.717) is 0 Å². The van der Waals surface area contributed by atoms with Crippen LogP contribution in [0.1, 0.15) is 12.5 Å². The minimum Gasteiger partial charge on any atom is -0.344 e. The van der Waals surface area contributed by atoms with Crippen molar-refractivity contribution in [2.75, 3.05) is 11.4 Å². The van der Waals surface area contributed by atoms with Gasteiger partial charge in [-0.15, -0.1) is 11.3 Å². The second-order valence-electron chi connectivity index (χ2n) is 3.45. The Morgan fingerprint density at radius 1 is 1.31 bits per heavy atom. The van der Waals surface area contributed by atoms with E-state index in [0.717, 1.165) is 22.8 Å². The Morgan fingerprint density at radius 3 is 2.62 bits per heavy atom. The molecule has 4 heteroatoms. The molecule has 2 rings (SSSR count). The lowest BCUT2D eigenvalue weighted by atomic mass is 10.2. The van der Waals surface area contributed by atoms with Gasteiger partial charge in [0, 0.05) is 18.5 Å². The van der Waals surface area contributed by atoms with Crippen molar-refractivity contribution in [3.8, 4) is 0 Å². The maximum atomic E-state index is 4.44. The van der Waals surface area contributed by atoms with E-state index in [4.69, 9.17) is 0 Å². The molecule has 1 aromatic heterocycles. The number of anilines is 1. The van der Waals surface area contributed by atoms with E-state index in [1.54, 1.807) is 11.3 Å². The predicted molar refractivity (Wildman–Crippen MR) is 73.0 cm³/mol. The van der Waals surface area contributed by atoms with E-state index in [-0.39, 0.29) is 0 Å². The molecule has 2 aromatic rings. The van der Waals surface area contributed by atoms with Crippen molar-refractivity contribution >= 4 is 32.4 Å². The summed E-state index contributed by atoms with van der Waals surface area (Å²) in [5.74, 6) is 0. The van der Waals surface area contributed by atoms with E-state index in [2.05, 4.69) is 57.0 Å². The van der Waals surface area contributed by atoms with Gasteiger partial charge in [-0.3, -0.25) is 0 Å². The first kappa shape index (κ1) is 11.6. The van der Waals surface area contributed by atoms with Crippen LogP contribution in [-0.2, 0) is 6.54 Å². The van der Waals surface area contributed by atoms with E-state index >= 15 is 0 Å². The van der Waals surface area contributed by atoms with Gasteiger partial charge in [0.15, 0.2) is 5.13 Å². The molecule has 0 fully saturated rings. The summed E-state index contributed by atoms with van der Waals surface area (Å²) in [5.41, 5.74) is 1.32. The minimum absolute atomic E-state index is 0.914. The topological polar surface area (TPSA) is 16.1 Å². The van der Waals surface area contributed by atoms with Gasteiger partial charge in [-0.1, -0.05) is 30.3 Å². The van der Waals surface area contributed by atoms with E-state index in [9.17, 15) is 0 Å². The first-order valence-electron chi connectivity index (χ1n) is 5.19. The van der Waals surface area contributed by atoms with Crippen LogP contribution in [-0.4, -0.2) is 11.5 Å². The highest BCUT2D eigenvalue weighted by molar-refractivity contribution is 9.10. The molecule has 0 spiro atoms. The lowest BCUT2D eigenvalue weighted by Gasteiger charge is -2.19. The molecule has 16 heavy (non-hydrogen) atoms. The molecule has 0 bridgehead atoms. The van der Waals surface area contributed by atoms with Crippen LogP contribution in [0.15, 0.2) is 40.3 Å². The van der Waals surface area contributed by atoms with Gasteiger partial charge in [0.25, 0.3) is 0 Å². The number of hydrogen-bond donors (Lipinski definition) is 0.